The van der Waals surface area contributed by atoms with Crippen LogP contribution < -0.4 is 0 Å². The lowest BCUT2D eigenvalue weighted by Crippen LogP contribution is -2.51. The minimum absolute atomic E-state index is 0.0920. The summed E-state index contributed by atoms with van der Waals surface area (Å²) in [6.07, 6.45) is 31.1. The molecular weight excluding hydrogens is 530 g/mol. The molecule has 0 bridgehead atoms. The Balaban J connectivity index is 4.03. The molecular formula is C35H66NO6+. The number of unbranched alkanes of at least 4 members (excludes halogenated alkanes) is 17. The summed E-state index contributed by atoms with van der Waals surface area (Å²) in [5.74, 6) is -2.47. The number of carboxylic acid groups (broad SMARTS) is 3. The van der Waals surface area contributed by atoms with Crippen LogP contribution >= 0.6 is 0 Å². The van der Waals surface area contributed by atoms with Crippen LogP contribution in [-0.4, -0.2) is 63.9 Å². The summed E-state index contributed by atoms with van der Waals surface area (Å²) in [7, 11) is 0. The van der Waals surface area contributed by atoms with E-state index in [4.69, 9.17) is 15.3 Å². The fraction of sp³-hybridized carbons (Fsp3) is 0.857. The maximum absolute atomic E-state index is 11.1. The van der Waals surface area contributed by atoms with Crippen molar-refractivity contribution in [1.82, 2.24) is 0 Å². The first kappa shape index (κ1) is 40.1. The molecule has 0 heterocycles. The van der Waals surface area contributed by atoms with E-state index >= 15 is 0 Å². The number of aliphatic carboxylic acids is 3. The molecule has 0 saturated heterocycles. The summed E-state index contributed by atoms with van der Waals surface area (Å²) in [5.41, 5.74) is 0. The van der Waals surface area contributed by atoms with Gasteiger partial charge in [-0.2, -0.15) is 0 Å². The van der Waals surface area contributed by atoms with E-state index in [0.717, 1.165) is 19.4 Å². The Morgan fingerprint density at radius 2 is 0.714 bits per heavy atom. The Morgan fingerprint density at radius 1 is 0.429 bits per heavy atom. The van der Waals surface area contributed by atoms with Crippen LogP contribution in [0.4, 0.5) is 0 Å². The number of allylic oxidation sites excluding steroid dienone is 2. The molecule has 0 aromatic rings. The van der Waals surface area contributed by atoms with Crippen molar-refractivity contribution in [1.29, 1.82) is 0 Å². The smallest absolute Gasteiger partial charge is 0.303 e. The quantitative estimate of drug-likeness (QED) is 0.0395. The van der Waals surface area contributed by atoms with Crippen molar-refractivity contribution in [3.05, 3.63) is 12.2 Å². The third-order valence-electron chi connectivity index (χ3n) is 8.46. The molecule has 0 aliphatic carbocycles. The van der Waals surface area contributed by atoms with Crippen LogP contribution in [0.25, 0.3) is 0 Å². The molecule has 0 aromatic carbocycles. The van der Waals surface area contributed by atoms with Crippen LogP contribution in [0.3, 0.4) is 0 Å². The van der Waals surface area contributed by atoms with E-state index in [2.05, 4.69) is 19.1 Å². The van der Waals surface area contributed by atoms with E-state index in [1.165, 1.54) is 109 Å². The topological polar surface area (TPSA) is 112 Å². The second-order valence-corrected chi connectivity index (χ2v) is 12.4. The fourth-order valence-corrected chi connectivity index (χ4v) is 5.95. The molecule has 0 radical (unpaired) electrons. The third-order valence-corrected chi connectivity index (χ3v) is 8.46. The van der Waals surface area contributed by atoms with E-state index < -0.39 is 17.9 Å². The van der Waals surface area contributed by atoms with Crippen molar-refractivity contribution < 1.29 is 34.2 Å². The van der Waals surface area contributed by atoms with Gasteiger partial charge < -0.3 is 19.8 Å². The summed E-state index contributed by atoms with van der Waals surface area (Å²) in [6.45, 7) is 5.13. The molecule has 0 fully saturated rings. The molecule has 0 saturated carbocycles. The SMILES string of the molecule is CCCCCC/C=C/CCCCCCCCCCCCCCC[N+](CCCC(=O)O)(CCCC(=O)O)CCCC(=O)O. The number of quaternary nitrogens is 1. The van der Waals surface area contributed by atoms with Gasteiger partial charge in [-0.25, -0.2) is 0 Å². The molecule has 0 rings (SSSR count). The maximum atomic E-state index is 11.1. The van der Waals surface area contributed by atoms with Crippen LogP contribution in [0.2, 0.25) is 0 Å². The number of nitrogens with zero attached hydrogens (tertiary/aromatic N) is 1. The highest BCUT2D eigenvalue weighted by atomic mass is 16.4. The number of rotatable bonds is 33. The van der Waals surface area contributed by atoms with Crippen LogP contribution in [0, 0.1) is 0 Å². The first-order valence-electron chi connectivity index (χ1n) is 17.5. The Morgan fingerprint density at radius 3 is 1.05 bits per heavy atom. The van der Waals surface area contributed by atoms with Crippen molar-refractivity contribution in [2.45, 2.75) is 167 Å². The van der Waals surface area contributed by atoms with Crippen LogP contribution in [-0.2, 0) is 14.4 Å². The van der Waals surface area contributed by atoms with Gasteiger partial charge in [0.05, 0.1) is 45.4 Å². The second-order valence-electron chi connectivity index (χ2n) is 12.4. The second kappa shape index (κ2) is 29.2. The van der Waals surface area contributed by atoms with Crippen molar-refractivity contribution in [3.8, 4) is 0 Å². The van der Waals surface area contributed by atoms with Gasteiger partial charge in [0.15, 0.2) is 0 Å². The number of carboxylic acids is 3. The first-order valence-corrected chi connectivity index (χ1v) is 17.5. The lowest BCUT2D eigenvalue weighted by atomic mass is 10.0. The van der Waals surface area contributed by atoms with E-state index in [1.54, 1.807) is 0 Å². The maximum Gasteiger partial charge on any atom is 0.303 e. The van der Waals surface area contributed by atoms with E-state index in [0.29, 0.717) is 43.4 Å². The molecule has 0 aliphatic heterocycles. The normalized spacial score (nSPS) is 11.8. The van der Waals surface area contributed by atoms with Gasteiger partial charge in [-0.05, 0) is 38.5 Å². The molecule has 0 atom stereocenters. The van der Waals surface area contributed by atoms with E-state index in [1.807, 2.05) is 0 Å². The van der Waals surface area contributed by atoms with Crippen LogP contribution in [0.15, 0.2) is 12.2 Å². The lowest BCUT2D eigenvalue weighted by molar-refractivity contribution is -0.929. The molecule has 7 heteroatoms. The molecule has 0 aliphatic rings. The van der Waals surface area contributed by atoms with Crippen molar-refractivity contribution >= 4 is 17.9 Å². The Bertz CT molecular complexity index is 643. The largest absolute Gasteiger partial charge is 0.481 e. The molecule has 42 heavy (non-hydrogen) atoms. The van der Waals surface area contributed by atoms with Gasteiger partial charge in [-0.15, -0.1) is 0 Å². The predicted molar refractivity (Wildman–Crippen MR) is 173 cm³/mol. The standard InChI is InChI=1S/C35H65NO6/c1-2-3-4-5-6-7-8-9-10-11-12-13-14-15-16-17-18-19-20-21-22-29-36(30-23-26-33(37)38,31-24-27-34(39)40)32-25-28-35(41)42/h7-8H,2-6,9-32H2,1H3,(H2-,37,38,39,40,41,42)/p+1/b8-7+. The molecule has 7 nitrogen and oxygen atoms in total. The number of carbonyl (C=O) groups is 3. The van der Waals surface area contributed by atoms with Crippen molar-refractivity contribution in [3.63, 3.8) is 0 Å². The molecule has 246 valence electrons. The van der Waals surface area contributed by atoms with Crippen molar-refractivity contribution in [2.75, 3.05) is 26.2 Å². The fourth-order valence-electron chi connectivity index (χ4n) is 5.95. The van der Waals surface area contributed by atoms with Crippen LogP contribution in [0.5, 0.6) is 0 Å². The van der Waals surface area contributed by atoms with E-state index in [9.17, 15) is 14.4 Å². The van der Waals surface area contributed by atoms with Gasteiger partial charge in [-0.1, -0.05) is 103 Å². The van der Waals surface area contributed by atoms with Gasteiger partial charge in [0, 0.05) is 19.3 Å². The zero-order valence-corrected chi connectivity index (χ0v) is 27.2. The van der Waals surface area contributed by atoms with Gasteiger partial charge in [0.1, 0.15) is 0 Å². The van der Waals surface area contributed by atoms with E-state index in [-0.39, 0.29) is 19.3 Å². The minimum Gasteiger partial charge on any atom is -0.481 e. The van der Waals surface area contributed by atoms with Gasteiger partial charge >= 0.3 is 17.9 Å². The molecule has 0 spiro atoms. The Labute approximate surface area is 257 Å². The zero-order valence-electron chi connectivity index (χ0n) is 27.2. The van der Waals surface area contributed by atoms with Gasteiger partial charge in [-0.3, -0.25) is 14.4 Å². The number of hydrogen-bond acceptors (Lipinski definition) is 3. The summed E-state index contributed by atoms with van der Waals surface area (Å²) < 4.78 is 0.643. The molecule has 3 N–H and O–H groups in total. The van der Waals surface area contributed by atoms with Gasteiger partial charge in [0.25, 0.3) is 0 Å². The molecule has 0 unspecified atom stereocenters. The highest BCUT2D eigenvalue weighted by Gasteiger charge is 2.27. The lowest BCUT2D eigenvalue weighted by Gasteiger charge is -2.39. The van der Waals surface area contributed by atoms with Crippen LogP contribution in [0.1, 0.15) is 167 Å². The summed E-state index contributed by atoms with van der Waals surface area (Å²) in [4.78, 5) is 33.2. The Kier molecular flexibility index (Phi) is 27.9. The Hall–Kier alpha value is -1.89. The zero-order chi connectivity index (χ0) is 31.2. The van der Waals surface area contributed by atoms with Crippen molar-refractivity contribution in [2.24, 2.45) is 0 Å². The average Bonchev–Trinajstić information content (AvgIpc) is 2.93. The highest BCUT2D eigenvalue weighted by molar-refractivity contribution is 5.67. The summed E-state index contributed by atoms with van der Waals surface area (Å²) >= 11 is 0. The average molecular weight is 597 g/mol. The monoisotopic (exact) mass is 596 g/mol. The van der Waals surface area contributed by atoms with Gasteiger partial charge in [0.2, 0.25) is 0 Å². The number of hydrogen-bond donors (Lipinski definition) is 3. The minimum atomic E-state index is -0.823. The third kappa shape index (κ3) is 28.2. The summed E-state index contributed by atoms with van der Waals surface area (Å²) in [6, 6.07) is 0. The predicted octanol–water partition coefficient (Wildman–Crippen LogP) is 9.39. The molecule has 0 aromatic heterocycles. The molecule has 0 amide bonds. The first-order chi connectivity index (χ1) is 20.3. The highest BCUT2D eigenvalue weighted by Crippen LogP contribution is 2.19. The summed E-state index contributed by atoms with van der Waals surface area (Å²) in [5, 5.41) is 27.3.